The van der Waals surface area contributed by atoms with Crippen LogP contribution in [0.1, 0.15) is 17.5 Å². The van der Waals surface area contributed by atoms with Gasteiger partial charge in [0.15, 0.2) is 0 Å². The summed E-state index contributed by atoms with van der Waals surface area (Å²) in [5, 5.41) is 8.94. The number of rotatable bonds is 1. The molecule has 1 fully saturated rings. The van der Waals surface area contributed by atoms with Crippen molar-refractivity contribution in [2.75, 3.05) is 11.4 Å². The van der Waals surface area contributed by atoms with E-state index in [-0.39, 0.29) is 10.7 Å². The van der Waals surface area contributed by atoms with E-state index in [2.05, 4.69) is 22.0 Å². The van der Waals surface area contributed by atoms with Gasteiger partial charge in [-0.15, -0.1) is 0 Å². The molecule has 0 aromatic heterocycles. The molecule has 0 bridgehead atoms. The van der Waals surface area contributed by atoms with Gasteiger partial charge in [0.2, 0.25) is 5.91 Å². The lowest BCUT2D eigenvalue weighted by atomic mass is 10.1. The zero-order chi connectivity index (χ0) is 11.7. The standard InChI is InChI=1S/C12H11BrN2O/c1-8-2-3-11(4-9(8)6-14)15-7-10(13)5-12(15)16/h2-4,10H,5,7H2,1H3. The van der Waals surface area contributed by atoms with E-state index in [9.17, 15) is 4.79 Å². The van der Waals surface area contributed by atoms with Crippen molar-refractivity contribution in [1.29, 1.82) is 5.26 Å². The Bertz CT molecular complexity index is 478. The van der Waals surface area contributed by atoms with Crippen LogP contribution >= 0.6 is 15.9 Å². The van der Waals surface area contributed by atoms with Gasteiger partial charge in [-0.3, -0.25) is 4.79 Å². The summed E-state index contributed by atoms with van der Waals surface area (Å²) >= 11 is 3.44. The lowest BCUT2D eigenvalue weighted by Gasteiger charge is -2.16. The first-order valence-corrected chi connectivity index (χ1v) is 5.98. The predicted octanol–water partition coefficient (Wildman–Crippen LogP) is 2.37. The summed E-state index contributed by atoms with van der Waals surface area (Å²) in [7, 11) is 0. The fraction of sp³-hybridized carbons (Fsp3) is 0.333. The van der Waals surface area contributed by atoms with Crippen LogP contribution in [0.3, 0.4) is 0 Å². The molecule has 1 unspecified atom stereocenters. The van der Waals surface area contributed by atoms with Gasteiger partial charge in [0, 0.05) is 23.5 Å². The highest BCUT2D eigenvalue weighted by Crippen LogP contribution is 2.26. The maximum absolute atomic E-state index is 11.7. The number of carbonyl (C=O) groups excluding carboxylic acids is 1. The number of hydrogen-bond donors (Lipinski definition) is 0. The largest absolute Gasteiger partial charge is 0.311 e. The molecule has 0 radical (unpaired) electrons. The molecular formula is C12H11BrN2O. The van der Waals surface area contributed by atoms with Gasteiger partial charge in [0.1, 0.15) is 0 Å². The van der Waals surface area contributed by atoms with Crippen LogP contribution < -0.4 is 4.90 Å². The third-order valence-electron chi connectivity index (χ3n) is 2.73. The van der Waals surface area contributed by atoms with Gasteiger partial charge in [0.25, 0.3) is 0 Å². The number of nitriles is 1. The van der Waals surface area contributed by atoms with E-state index in [0.29, 0.717) is 18.5 Å². The zero-order valence-corrected chi connectivity index (χ0v) is 10.5. The Kier molecular flexibility index (Phi) is 2.97. The Morgan fingerprint density at radius 2 is 2.31 bits per heavy atom. The quantitative estimate of drug-likeness (QED) is 0.741. The van der Waals surface area contributed by atoms with Gasteiger partial charge in [-0.05, 0) is 24.6 Å². The minimum absolute atomic E-state index is 0.106. The monoisotopic (exact) mass is 278 g/mol. The molecule has 1 atom stereocenters. The number of carbonyl (C=O) groups is 1. The minimum atomic E-state index is 0.106. The molecule has 0 N–H and O–H groups in total. The predicted molar refractivity (Wildman–Crippen MR) is 65.6 cm³/mol. The lowest BCUT2D eigenvalue weighted by Crippen LogP contribution is -2.24. The van der Waals surface area contributed by atoms with Gasteiger partial charge in [-0.2, -0.15) is 5.26 Å². The van der Waals surface area contributed by atoms with Crippen LogP contribution in [0.5, 0.6) is 0 Å². The van der Waals surface area contributed by atoms with E-state index in [0.717, 1.165) is 11.3 Å². The van der Waals surface area contributed by atoms with Crippen LogP contribution in [-0.4, -0.2) is 17.3 Å². The highest BCUT2D eigenvalue weighted by Gasteiger charge is 2.28. The molecule has 0 aliphatic carbocycles. The molecule has 0 saturated carbocycles. The Hall–Kier alpha value is -1.34. The molecule has 82 valence electrons. The average Bonchev–Trinajstić information content (AvgIpc) is 2.59. The van der Waals surface area contributed by atoms with Gasteiger partial charge >= 0.3 is 0 Å². The van der Waals surface area contributed by atoms with Crippen molar-refractivity contribution in [2.45, 2.75) is 18.2 Å². The second-order valence-electron chi connectivity index (χ2n) is 3.92. The van der Waals surface area contributed by atoms with Crippen molar-refractivity contribution >= 4 is 27.5 Å². The van der Waals surface area contributed by atoms with E-state index in [4.69, 9.17) is 5.26 Å². The van der Waals surface area contributed by atoms with Crippen LogP contribution in [0, 0.1) is 18.3 Å². The third-order valence-corrected chi connectivity index (χ3v) is 3.34. The molecule has 1 amide bonds. The summed E-state index contributed by atoms with van der Waals surface area (Å²) in [5.74, 6) is 0.106. The van der Waals surface area contributed by atoms with Crippen molar-refractivity contribution in [3.05, 3.63) is 29.3 Å². The van der Waals surface area contributed by atoms with E-state index in [1.165, 1.54) is 0 Å². The first kappa shape index (κ1) is 11.2. The Balaban J connectivity index is 2.35. The fourth-order valence-corrected chi connectivity index (χ4v) is 2.38. The summed E-state index contributed by atoms with van der Waals surface area (Å²) in [6.07, 6.45) is 0.524. The van der Waals surface area contributed by atoms with Gasteiger partial charge < -0.3 is 4.90 Å². The van der Waals surface area contributed by atoms with E-state index in [1.54, 1.807) is 11.0 Å². The zero-order valence-electron chi connectivity index (χ0n) is 8.90. The van der Waals surface area contributed by atoms with E-state index in [1.807, 2.05) is 19.1 Å². The van der Waals surface area contributed by atoms with Crippen LogP contribution in [0.2, 0.25) is 0 Å². The second kappa shape index (κ2) is 4.26. The molecule has 16 heavy (non-hydrogen) atoms. The number of nitrogens with zero attached hydrogens (tertiary/aromatic N) is 2. The summed E-state index contributed by atoms with van der Waals surface area (Å²) in [6.45, 7) is 2.56. The first-order valence-electron chi connectivity index (χ1n) is 5.07. The normalized spacial score (nSPS) is 19.9. The number of hydrogen-bond acceptors (Lipinski definition) is 2. The minimum Gasteiger partial charge on any atom is -0.311 e. The van der Waals surface area contributed by atoms with Crippen LogP contribution in [0.4, 0.5) is 5.69 Å². The van der Waals surface area contributed by atoms with Crippen molar-refractivity contribution in [3.8, 4) is 6.07 Å². The molecule has 3 nitrogen and oxygen atoms in total. The number of alkyl halides is 1. The number of halogens is 1. The highest BCUT2D eigenvalue weighted by atomic mass is 79.9. The Labute approximate surface area is 103 Å². The molecule has 1 heterocycles. The second-order valence-corrected chi connectivity index (χ2v) is 5.21. The fourth-order valence-electron chi connectivity index (χ4n) is 1.81. The van der Waals surface area contributed by atoms with Crippen molar-refractivity contribution in [3.63, 3.8) is 0 Å². The highest BCUT2D eigenvalue weighted by molar-refractivity contribution is 9.09. The molecule has 1 aliphatic rings. The number of aryl methyl sites for hydroxylation is 1. The molecule has 4 heteroatoms. The smallest absolute Gasteiger partial charge is 0.228 e. The van der Waals surface area contributed by atoms with Crippen LogP contribution in [0.15, 0.2) is 18.2 Å². The molecule has 1 aromatic rings. The number of benzene rings is 1. The summed E-state index contributed by atoms with van der Waals surface area (Å²) in [4.78, 5) is 13.6. The van der Waals surface area contributed by atoms with Crippen molar-refractivity contribution in [2.24, 2.45) is 0 Å². The number of anilines is 1. The van der Waals surface area contributed by atoms with Crippen molar-refractivity contribution in [1.82, 2.24) is 0 Å². The Morgan fingerprint density at radius 3 is 2.88 bits per heavy atom. The summed E-state index contributed by atoms with van der Waals surface area (Å²) in [5.41, 5.74) is 2.38. The molecule has 1 aliphatic heterocycles. The Morgan fingerprint density at radius 1 is 1.56 bits per heavy atom. The van der Waals surface area contributed by atoms with Crippen LogP contribution in [0.25, 0.3) is 0 Å². The summed E-state index contributed by atoms with van der Waals surface area (Å²) in [6, 6.07) is 7.68. The molecular weight excluding hydrogens is 268 g/mol. The first-order chi connectivity index (χ1) is 7.61. The molecule has 0 spiro atoms. The van der Waals surface area contributed by atoms with Crippen molar-refractivity contribution < 1.29 is 4.79 Å². The SMILES string of the molecule is Cc1ccc(N2CC(Br)CC2=O)cc1C#N. The van der Waals surface area contributed by atoms with Gasteiger partial charge in [-0.25, -0.2) is 0 Å². The molecule has 1 aromatic carbocycles. The maximum atomic E-state index is 11.7. The third kappa shape index (κ3) is 1.96. The average molecular weight is 279 g/mol. The topological polar surface area (TPSA) is 44.1 Å². The lowest BCUT2D eigenvalue weighted by molar-refractivity contribution is -0.117. The van der Waals surface area contributed by atoms with Gasteiger partial charge in [-0.1, -0.05) is 22.0 Å². The number of amides is 1. The summed E-state index contributed by atoms with van der Waals surface area (Å²) < 4.78 is 0. The van der Waals surface area contributed by atoms with E-state index < -0.39 is 0 Å². The maximum Gasteiger partial charge on any atom is 0.228 e. The van der Waals surface area contributed by atoms with E-state index >= 15 is 0 Å². The van der Waals surface area contributed by atoms with Gasteiger partial charge in [0.05, 0.1) is 11.6 Å². The molecule has 2 rings (SSSR count). The van der Waals surface area contributed by atoms with Crippen LogP contribution in [-0.2, 0) is 4.79 Å². The molecule has 1 saturated heterocycles.